The summed E-state index contributed by atoms with van der Waals surface area (Å²) in [7, 11) is 0. The molecule has 0 aromatic carbocycles. The quantitative estimate of drug-likeness (QED) is 0.620. The Balaban J connectivity index is 3.27. The number of hydrogen-bond acceptors (Lipinski definition) is 1. The van der Waals surface area contributed by atoms with Crippen LogP contribution in [-0.4, -0.2) is 17.0 Å². The average Bonchev–Trinajstić information content (AvgIpc) is 1.82. The fourth-order valence-corrected chi connectivity index (χ4v) is 0.661. The molecule has 0 fully saturated rings. The Morgan fingerprint density at radius 2 is 2.33 bits per heavy atom. The third kappa shape index (κ3) is 4.28. The fraction of sp³-hybridized carbons (Fsp3) is 0.833. The Hall–Kier alpha value is -0.240. The summed E-state index contributed by atoms with van der Waals surface area (Å²) in [5.74, 6) is -0.429. The first-order valence-corrected chi connectivity index (χ1v) is 3.50. The van der Waals surface area contributed by atoms with E-state index < -0.39 is 5.97 Å². The number of carboxylic acids is 1. The molecule has 1 atom stereocenters. The van der Waals surface area contributed by atoms with Crippen molar-refractivity contribution in [3.05, 3.63) is 0 Å². The van der Waals surface area contributed by atoms with Crippen LogP contribution in [0.5, 0.6) is 0 Å². The van der Waals surface area contributed by atoms with Crippen molar-refractivity contribution < 1.29 is 9.90 Å². The lowest BCUT2D eigenvalue weighted by Gasteiger charge is -2.01. The van der Waals surface area contributed by atoms with Gasteiger partial charge in [0.1, 0.15) is 0 Å². The van der Waals surface area contributed by atoms with Gasteiger partial charge in [-0.15, -0.1) is 11.6 Å². The highest BCUT2D eigenvalue weighted by molar-refractivity contribution is 6.17. The molecule has 54 valence electrons. The predicted octanol–water partition coefficient (Wildman–Crippen LogP) is 1.73. The maximum atomic E-state index is 10.2. The van der Waals surface area contributed by atoms with Crippen molar-refractivity contribution in [3.63, 3.8) is 0 Å². The lowest BCUT2D eigenvalue weighted by molar-refractivity contribution is -0.141. The summed E-state index contributed by atoms with van der Waals surface area (Å²) in [5.41, 5.74) is 0. The topological polar surface area (TPSA) is 37.3 Å². The van der Waals surface area contributed by atoms with Crippen molar-refractivity contribution in [2.45, 2.75) is 19.8 Å². The molecule has 0 amide bonds. The number of aliphatic carboxylic acids is 1. The maximum absolute atomic E-state index is 10.2. The predicted molar refractivity (Wildman–Crippen MR) is 36.8 cm³/mol. The first kappa shape index (κ1) is 8.76. The van der Waals surface area contributed by atoms with E-state index in [0.29, 0.717) is 12.3 Å². The van der Waals surface area contributed by atoms with Crippen LogP contribution in [0.3, 0.4) is 0 Å². The Bertz CT molecular complexity index is 93.1. The third-order valence-electron chi connectivity index (χ3n) is 1.19. The SMILES string of the molecule is C[C@@H](CCCCl)C(=O)O. The molecule has 0 spiro atoms. The van der Waals surface area contributed by atoms with Crippen LogP contribution in [-0.2, 0) is 4.79 Å². The fourth-order valence-electron chi connectivity index (χ4n) is 0.507. The maximum Gasteiger partial charge on any atom is 0.306 e. The zero-order valence-corrected chi connectivity index (χ0v) is 6.19. The van der Waals surface area contributed by atoms with Crippen molar-refractivity contribution >= 4 is 17.6 Å². The van der Waals surface area contributed by atoms with Gasteiger partial charge in [0.2, 0.25) is 0 Å². The van der Waals surface area contributed by atoms with Crippen molar-refractivity contribution in [2.24, 2.45) is 5.92 Å². The summed E-state index contributed by atoms with van der Waals surface area (Å²) in [6, 6.07) is 0. The summed E-state index contributed by atoms with van der Waals surface area (Å²) in [6.45, 7) is 1.69. The molecule has 0 rings (SSSR count). The van der Waals surface area contributed by atoms with Crippen LogP contribution in [0.2, 0.25) is 0 Å². The highest BCUT2D eigenvalue weighted by Gasteiger charge is 2.08. The number of halogens is 1. The first-order valence-electron chi connectivity index (χ1n) is 2.97. The standard InChI is InChI=1S/C6H11ClO2/c1-5(6(8)9)3-2-4-7/h5H,2-4H2,1H3,(H,8,9)/t5-/m0/s1. The van der Waals surface area contributed by atoms with E-state index >= 15 is 0 Å². The molecule has 1 N–H and O–H groups in total. The van der Waals surface area contributed by atoms with Gasteiger partial charge in [-0.2, -0.15) is 0 Å². The number of carboxylic acid groups (broad SMARTS) is 1. The zero-order valence-electron chi connectivity index (χ0n) is 5.43. The van der Waals surface area contributed by atoms with Gasteiger partial charge in [0, 0.05) is 5.88 Å². The van der Waals surface area contributed by atoms with Crippen LogP contribution >= 0.6 is 11.6 Å². The van der Waals surface area contributed by atoms with E-state index in [0.717, 1.165) is 6.42 Å². The normalized spacial score (nSPS) is 13.1. The zero-order chi connectivity index (χ0) is 7.28. The number of rotatable bonds is 4. The number of hydrogen-bond donors (Lipinski definition) is 1. The molecular formula is C6H11ClO2. The van der Waals surface area contributed by atoms with E-state index in [2.05, 4.69) is 0 Å². The van der Waals surface area contributed by atoms with Gasteiger partial charge in [0.15, 0.2) is 0 Å². The summed E-state index contributed by atoms with van der Waals surface area (Å²) >= 11 is 5.36. The number of carbonyl (C=O) groups is 1. The van der Waals surface area contributed by atoms with Gasteiger partial charge in [-0.05, 0) is 12.8 Å². The van der Waals surface area contributed by atoms with Crippen LogP contribution in [0, 0.1) is 5.92 Å². The highest BCUT2D eigenvalue weighted by atomic mass is 35.5. The molecule has 0 aromatic heterocycles. The van der Waals surface area contributed by atoms with Gasteiger partial charge >= 0.3 is 5.97 Å². The monoisotopic (exact) mass is 150 g/mol. The molecule has 0 unspecified atom stereocenters. The van der Waals surface area contributed by atoms with E-state index in [1.165, 1.54) is 0 Å². The Morgan fingerprint density at radius 1 is 1.78 bits per heavy atom. The van der Waals surface area contributed by atoms with Crippen molar-refractivity contribution in [1.82, 2.24) is 0 Å². The second kappa shape index (κ2) is 4.62. The first-order chi connectivity index (χ1) is 4.18. The minimum Gasteiger partial charge on any atom is -0.481 e. The Morgan fingerprint density at radius 3 is 2.67 bits per heavy atom. The lowest BCUT2D eigenvalue weighted by atomic mass is 10.1. The van der Waals surface area contributed by atoms with Gasteiger partial charge in [-0.1, -0.05) is 6.92 Å². The minimum atomic E-state index is -0.736. The minimum absolute atomic E-state index is 0.247. The molecule has 0 aromatic rings. The van der Waals surface area contributed by atoms with Gasteiger partial charge in [-0.3, -0.25) is 4.79 Å². The largest absolute Gasteiger partial charge is 0.481 e. The highest BCUT2D eigenvalue weighted by Crippen LogP contribution is 2.05. The van der Waals surface area contributed by atoms with E-state index in [1.807, 2.05) is 0 Å². The van der Waals surface area contributed by atoms with E-state index in [9.17, 15) is 4.79 Å². The molecular weight excluding hydrogens is 140 g/mol. The molecule has 0 heterocycles. The van der Waals surface area contributed by atoms with E-state index in [1.54, 1.807) is 6.92 Å². The molecule has 0 aliphatic rings. The molecule has 0 bridgehead atoms. The Kier molecular flexibility index (Phi) is 4.50. The smallest absolute Gasteiger partial charge is 0.306 e. The molecule has 0 radical (unpaired) electrons. The van der Waals surface area contributed by atoms with E-state index in [4.69, 9.17) is 16.7 Å². The second-order valence-electron chi connectivity index (χ2n) is 2.07. The summed E-state index contributed by atoms with van der Waals surface area (Å²) in [4.78, 5) is 10.2. The third-order valence-corrected chi connectivity index (χ3v) is 1.46. The molecule has 9 heavy (non-hydrogen) atoms. The molecule has 0 saturated carbocycles. The Labute approximate surface area is 59.8 Å². The average molecular weight is 151 g/mol. The molecule has 0 aliphatic carbocycles. The number of alkyl halides is 1. The molecule has 3 heteroatoms. The summed E-state index contributed by atoms with van der Waals surface area (Å²) in [5, 5.41) is 8.37. The van der Waals surface area contributed by atoms with Crippen LogP contribution in [0.4, 0.5) is 0 Å². The summed E-state index contributed by atoms with van der Waals surface area (Å²) < 4.78 is 0. The van der Waals surface area contributed by atoms with Crippen molar-refractivity contribution in [1.29, 1.82) is 0 Å². The van der Waals surface area contributed by atoms with Crippen LogP contribution in [0.25, 0.3) is 0 Å². The lowest BCUT2D eigenvalue weighted by Crippen LogP contribution is -2.08. The van der Waals surface area contributed by atoms with Gasteiger partial charge in [-0.25, -0.2) is 0 Å². The van der Waals surface area contributed by atoms with Gasteiger partial charge < -0.3 is 5.11 Å². The molecule has 2 nitrogen and oxygen atoms in total. The molecule has 0 aliphatic heterocycles. The van der Waals surface area contributed by atoms with Crippen LogP contribution in [0.15, 0.2) is 0 Å². The van der Waals surface area contributed by atoms with Crippen molar-refractivity contribution in [3.8, 4) is 0 Å². The summed E-state index contributed by atoms with van der Waals surface area (Å²) in [6.07, 6.45) is 1.47. The van der Waals surface area contributed by atoms with Crippen LogP contribution in [0.1, 0.15) is 19.8 Å². The molecule has 0 saturated heterocycles. The van der Waals surface area contributed by atoms with Crippen molar-refractivity contribution in [2.75, 3.05) is 5.88 Å². The van der Waals surface area contributed by atoms with E-state index in [-0.39, 0.29) is 5.92 Å². The van der Waals surface area contributed by atoms with Gasteiger partial charge in [0.05, 0.1) is 5.92 Å². The second-order valence-corrected chi connectivity index (χ2v) is 2.45. The van der Waals surface area contributed by atoms with Crippen LogP contribution < -0.4 is 0 Å². The van der Waals surface area contributed by atoms with Gasteiger partial charge in [0.25, 0.3) is 0 Å².